The molecule has 0 spiro atoms. The molecule has 94 valence electrons. The average molecular weight is 237 g/mol. The first kappa shape index (κ1) is 13.5. The van der Waals surface area contributed by atoms with E-state index in [0.29, 0.717) is 13.2 Å². The van der Waals surface area contributed by atoms with E-state index in [1.807, 2.05) is 24.3 Å². The zero-order valence-corrected chi connectivity index (χ0v) is 10.5. The summed E-state index contributed by atoms with van der Waals surface area (Å²) in [4.78, 5) is 11.4. The Kier molecular flexibility index (Phi) is 5.49. The molecule has 0 aliphatic rings. The summed E-state index contributed by atoms with van der Waals surface area (Å²) >= 11 is 0. The fourth-order valence-corrected chi connectivity index (χ4v) is 1.49. The van der Waals surface area contributed by atoms with Crippen molar-refractivity contribution in [2.24, 2.45) is 0 Å². The van der Waals surface area contributed by atoms with Gasteiger partial charge in [-0.25, -0.2) is 4.79 Å². The molecule has 1 aromatic carbocycles. The third-order valence-electron chi connectivity index (χ3n) is 2.26. The minimum absolute atomic E-state index is 0.246. The van der Waals surface area contributed by atoms with Gasteiger partial charge in [0.25, 0.3) is 0 Å². The van der Waals surface area contributed by atoms with E-state index < -0.39 is 0 Å². The highest BCUT2D eigenvalue weighted by molar-refractivity contribution is 5.78. The Morgan fingerprint density at radius 3 is 2.88 bits per heavy atom. The third-order valence-corrected chi connectivity index (χ3v) is 2.26. The van der Waals surface area contributed by atoms with Gasteiger partial charge in [0.15, 0.2) is 0 Å². The van der Waals surface area contributed by atoms with Gasteiger partial charge in [-0.15, -0.1) is 0 Å². The van der Waals surface area contributed by atoms with Crippen LogP contribution in [0.4, 0.5) is 5.69 Å². The number of hydrogen-bond acceptors (Lipinski definition) is 4. The van der Waals surface area contributed by atoms with Crippen LogP contribution in [0.3, 0.4) is 0 Å². The first-order chi connectivity index (χ1) is 8.17. The number of rotatable bonds is 6. The highest BCUT2D eigenvalue weighted by Crippen LogP contribution is 2.12. The average Bonchev–Trinajstić information content (AvgIpc) is 2.30. The number of nitrogens with one attached hydrogen (secondary N) is 1. The quantitative estimate of drug-likeness (QED) is 0.770. The van der Waals surface area contributed by atoms with E-state index in [9.17, 15) is 4.79 Å². The lowest BCUT2D eigenvalue weighted by Crippen LogP contribution is -2.28. The van der Waals surface area contributed by atoms with Crippen molar-refractivity contribution in [2.45, 2.75) is 26.5 Å². The molecule has 1 atom stereocenters. The van der Waals surface area contributed by atoms with Crippen LogP contribution < -0.4 is 5.32 Å². The molecule has 1 rings (SSSR count). The second-order valence-electron chi connectivity index (χ2n) is 3.75. The van der Waals surface area contributed by atoms with Crippen LogP contribution in [-0.4, -0.2) is 25.7 Å². The summed E-state index contributed by atoms with van der Waals surface area (Å²) < 4.78 is 9.98. The van der Waals surface area contributed by atoms with Crippen LogP contribution in [0, 0.1) is 0 Å². The zero-order valence-electron chi connectivity index (χ0n) is 10.5. The molecule has 0 fully saturated rings. The van der Waals surface area contributed by atoms with Crippen molar-refractivity contribution in [1.82, 2.24) is 0 Å². The van der Waals surface area contributed by atoms with E-state index >= 15 is 0 Å². The number of methoxy groups -OCH3 is 1. The van der Waals surface area contributed by atoms with Crippen LogP contribution in [-0.2, 0) is 20.9 Å². The maximum absolute atomic E-state index is 11.4. The molecule has 0 heterocycles. The van der Waals surface area contributed by atoms with Gasteiger partial charge in [0.05, 0.1) is 13.2 Å². The lowest BCUT2D eigenvalue weighted by atomic mass is 10.2. The molecule has 17 heavy (non-hydrogen) atoms. The van der Waals surface area contributed by atoms with Crippen molar-refractivity contribution in [1.29, 1.82) is 0 Å². The predicted octanol–water partition coefficient (Wildman–Crippen LogP) is 2.20. The van der Waals surface area contributed by atoms with Crippen molar-refractivity contribution in [3.05, 3.63) is 29.8 Å². The smallest absolute Gasteiger partial charge is 0.328 e. The maximum atomic E-state index is 11.4. The van der Waals surface area contributed by atoms with Gasteiger partial charge in [0, 0.05) is 12.8 Å². The summed E-state index contributed by atoms with van der Waals surface area (Å²) in [5.74, 6) is -0.246. The Morgan fingerprint density at radius 1 is 1.47 bits per heavy atom. The molecule has 1 aromatic rings. The predicted molar refractivity (Wildman–Crippen MR) is 66.9 cm³/mol. The van der Waals surface area contributed by atoms with E-state index in [4.69, 9.17) is 9.47 Å². The largest absolute Gasteiger partial charge is 0.464 e. The van der Waals surface area contributed by atoms with Crippen LogP contribution in [0.15, 0.2) is 24.3 Å². The minimum Gasteiger partial charge on any atom is -0.464 e. The molecule has 4 nitrogen and oxygen atoms in total. The molecule has 1 unspecified atom stereocenters. The number of carbonyl (C=O) groups is 1. The van der Waals surface area contributed by atoms with Crippen LogP contribution >= 0.6 is 0 Å². The lowest BCUT2D eigenvalue weighted by Gasteiger charge is -2.14. The van der Waals surface area contributed by atoms with Gasteiger partial charge in [0.2, 0.25) is 0 Å². The standard InChI is InChI=1S/C13H19NO3/c1-4-17-13(15)10(2)14-12-7-5-6-11(8-12)9-16-3/h5-8,10,14H,4,9H2,1-3H3. The zero-order chi connectivity index (χ0) is 12.7. The Balaban J connectivity index is 2.61. The van der Waals surface area contributed by atoms with E-state index in [1.54, 1.807) is 21.0 Å². The summed E-state index contributed by atoms with van der Waals surface area (Å²) in [5.41, 5.74) is 1.95. The van der Waals surface area contributed by atoms with E-state index in [1.165, 1.54) is 0 Å². The molecule has 0 aliphatic heterocycles. The van der Waals surface area contributed by atoms with Crippen LogP contribution in [0.1, 0.15) is 19.4 Å². The summed E-state index contributed by atoms with van der Waals surface area (Å²) in [7, 11) is 1.65. The van der Waals surface area contributed by atoms with Crippen molar-refractivity contribution < 1.29 is 14.3 Å². The van der Waals surface area contributed by atoms with Gasteiger partial charge >= 0.3 is 5.97 Å². The van der Waals surface area contributed by atoms with Gasteiger partial charge in [-0.1, -0.05) is 12.1 Å². The molecule has 0 radical (unpaired) electrons. The normalized spacial score (nSPS) is 11.9. The Hall–Kier alpha value is -1.55. The molecule has 0 aromatic heterocycles. The van der Waals surface area contributed by atoms with Gasteiger partial charge in [0.1, 0.15) is 6.04 Å². The summed E-state index contributed by atoms with van der Waals surface area (Å²) in [6, 6.07) is 7.42. The second-order valence-corrected chi connectivity index (χ2v) is 3.75. The van der Waals surface area contributed by atoms with E-state index in [-0.39, 0.29) is 12.0 Å². The number of benzene rings is 1. The van der Waals surface area contributed by atoms with Gasteiger partial charge in [-0.05, 0) is 31.5 Å². The van der Waals surface area contributed by atoms with Crippen molar-refractivity contribution in [3.63, 3.8) is 0 Å². The van der Waals surface area contributed by atoms with Crippen molar-refractivity contribution in [2.75, 3.05) is 19.0 Å². The molecule has 0 bridgehead atoms. The maximum Gasteiger partial charge on any atom is 0.328 e. The number of carbonyl (C=O) groups excluding carboxylic acids is 1. The monoisotopic (exact) mass is 237 g/mol. The molecule has 1 N–H and O–H groups in total. The number of ether oxygens (including phenoxy) is 2. The summed E-state index contributed by atoms with van der Waals surface area (Å²) in [6.07, 6.45) is 0. The first-order valence-corrected chi connectivity index (χ1v) is 5.68. The van der Waals surface area contributed by atoms with Crippen LogP contribution in [0.25, 0.3) is 0 Å². The number of hydrogen-bond donors (Lipinski definition) is 1. The van der Waals surface area contributed by atoms with E-state index in [2.05, 4.69) is 5.32 Å². The lowest BCUT2D eigenvalue weighted by molar-refractivity contribution is -0.143. The highest BCUT2D eigenvalue weighted by Gasteiger charge is 2.13. The first-order valence-electron chi connectivity index (χ1n) is 5.68. The van der Waals surface area contributed by atoms with Crippen molar-refractivity contribution >= 4 is 11.7 Å². The fourth-order valence-electron chi connectivity index (χ4n) is 1.49. The summed E-state index contributed by atoms with van der Waals surface area (Å²) in [6.45, 7) is 4.53. The molecule has 0 saturated carbocycles. The third kappa shape index (κ3) is 4.44. The SMILES string of the molecule is CCOC(=O)C(C)Nc1cccc(COC)c1. The van der Waals surface area contributed by atoms with Gasteiger partial charge in [-0.2, -0.15) is 0 Å². The van der Waals surface area contributed by atoms with Gasteiger partial charge < -0.3 is 14.8 Å². The highest BCUT2D eigenvalue weighted by atomic mass is 16.5. The fraction of sp³-hybridized carbons (Fsp3) is 0.462. The van der Waals surface area contributed by atoms with Crippen LogP contribution in [0.2, 0.25) is 0 Å². The molecular formula is C13H19NO3. The van der Waals surface area contributed by atoms with Gasteiger partial charge in [-0.3, -0.25) is 0 Å². The van der Waals surface area contributed by atoms with Crippen LogP contribution in [0.5, 0.6) is 0 Å². The second kappa shape index (κ2) is 6.91. The minimum atomic E-state index is -0.354. The topological polar surface area (TPSA) is 47.6 Å². The molecule has 4 heteroatoms. The van der Waals surface area contributed by atoms with E-state index in [0.717, 1.165) is 11.3 Å². The molecule has 0 aliphatic carbocycles. The number of anilines is 1. The number of esters is 1. The summed E-state index contributed by atoms with van der Waals surface area (Å²) in [5, 5.41) is 3.10. The Morgan fingerprint density at radius 2 is 2.24 bits per heavy atom. The molecule has 0 amide bonds. The Labute approximate surface area is 102 Å². The molecule has 0 saturated heterocycles. The van der Waals surface area contributed by atoms with Crippen molar-refractivity contribution in [3.8, 4) is 0 Å². The Bertz CT molecular complexity index is 365. The molecular weight excluding hydrogens is 218 g/mol.